The van der Waals surface area contributed by atoms with E-state index in [1.807, 2.05) is 6.92 Å². The topological polar surface area (TPSA) is 52.6 Å². The molecule has 126 valence electrons. The van der Waals surface area contributed by atoms with Crippen LogP contribution in [0.1, 0.15) is 65.7 Å². The van der Waals surface area contributed by atoms with Crippen LogP contribution in [0.15, 0.2) is 24.5 Å². The fraction of sp³-hybridized carbons (Fsp3) is 0.667. The fourth-order valence-electron chi connectivity index (χ4n) is 1.95. The second kappa shape index (κ2) is 13.1. The summed E-state index contributed by atoms with van der Waals surface area (Å²) in [5.41, 5.74) is 0. The number of carbonyl (C=O) groups excluding carboxylic acids is 2. The molecular weight excluding hydrogens is 280 g/mol. The first-order valence-electron chi connectivity index (χ1n) is 8.30. The summed E-state index contributed by atoms with van der Waals surface area (Å²) in [6.45, 7) is 9.99. The van der Waals surface area contributed by atoms with Crippen molar-refractivity contribution in [1.82, 2.24) is 0 Å². The minimum atomic E-state index is -0.639. The molecule has 4 nitrogen and oxygen atoms in total. The van der Waals surface area contributed by atoms with Crippen LogP contribution in [0.5, 0.6) is 0 Å². The molecule has 1 atom stereocenters. The van der Waals surface area contributed by atoms with Crippen molar-refractivity contribution in [2.45, 2.75) is 65.7 Å². The SMILES string of the molecule is C=CC(=O)O/C(=C\CC(CC)CCCC)C(=O)OCCCC. The van der Waals surface area contributed by atoms with Gasteiger partial charge in [0.15, 0.2) is 0 Å². The van der Waals surface area contributed by atoms with E-state index >= 15 is 0 Å². The molecule has 0 aliphatic heterocycles. The van der Waals surface area contributed by atoms with Crippen LogP contribution < -0.4 is 0 Å². The molecule has 0 saturated carbocycles. The van der Waals surface area contributed by atoms with Crippen molar-refractivity contribution in [2.24, 2.45) is 5.92 Å². The molecule has 0 saturated heterocycles. The maximum atomic E-state index is 12.0. The molecule has 0 N–H and O–H groups in total. The monoisotopic (exact) mass is 310 g/mol. The molecular formula is C18H30O4. The summed E-state index contributed by atoms with van der Waals surface area (Å²) in [6.07, 6.45) is 9.62. The predicted octanol–water partition coefficient (Wildman–Crippen LogP) is 4.55. The molecule has 0 heterocycles. The lowest BCUT2D eigenvalue weighted by Gasteiger charge is -2.13. The zero-order valence-electron chi connectivity index (χ0n) is 14.2. The van der Waals surface area contributed by atoms with Gasteiger partial charge < -0.3 is 9.47 Å². The highest BCUT2D eigenvalue weighted by Crippen LogP contribution is 2.19. The highest BCUT2D eigenvalue weighted by Gasteiger charge is 2.16. The van der Waals surface area contributed by atoms with E-state index in [-0.39, 0.29) is 5.76 Å². The van der Waals surface area contributed by atoms with Gasteiger partial charge in [0.05, 0.1) is 6.61 Å². The second-order valence-electron chi connectivity index (χ2n) is 5.34. The molecule has 0 bridgehead atoms. The first-order chi connectivity index (χ1) is 10.6. The fourth-order valence-corrected chi connectivity index (χ4v) is 1.95. The van der Waals surface area contributed by atoms with E-state index in [9.17, 15) is 9.59 Å². The smallest absolute Gasteiger partial charge is 0.374 e. The standard InChI is InChI=1S/C18H30O4/c1-5-9-11-15(7-3)12-13-16(22-17(19)8-4)18(20)21-14-10-6-2/h8,13,15H,4-7,9-12,14H2,1-3H3/b16-13-. The van der Waals surface area contributed by atoms with Crippen LogP contribution in [0.25, 0.3) is 0 Å². The molecule has 0 rings (SSSR count). The molecule has 4 heteroatoms. The van der Waals surface area contributed by atoms with Gasteiger partial charge >= 0.3 is 11.9 Å². The van der Waals surface area contributed by atoms with Crippen LogP contribution in [0.4, 0.5) is 0 Å². The molecule has 0 radical (unpaired) electrons. The quantitative estimate of drug-likeness (QED) is 0.230. The van der Waals surface area contributed by atoms with Crippen molar-refractivity contribution in [1.29, 1.82) is 0 Å². The van der Waals surface area contributed by atoms with Gasteiger partial charge in [0, 0.05) is 6.08 Å². The molecule has 22 heavy (non-hydrogen) atoms. The molecule has 0 aliphatic rings. The normalized spacial score (nSPS) is 12.6. The highest BCUT2D eigenvalue weighted by molar-refractivity contribution is 5.92. The van der Waals surface area contributed by atoms with Gasteiger partial charge in [0.1, 0.15) is 0 Å². The third kappa shape index (κ3) is 9.37. The zero-order valence-corrected chi connectivity index (χ0v) is 14.2. The minimum Gasteiger partial charge on any atom is -0.460 e. The van der Waals surface area contributed by atoms with Crippen molar-refractivity contribution >= 4 is 11.9 Å². The Bertz CT molecular complexity index is 371. The Hall–Kier alpha value is -1.58. The second-order valence-corrected chi connectivity index (χ2v) is 5.34. The largest absolute Gasteiger partial charge is 0.460 e. The molecule has 0 amide bonds. The van der Waals surface area contributed by atoms with Crippen LogP contribution in [-0.2, 0) is 19.1 Å². The lowest BCUT2D eigenvalue weighted by Crippen LogP contribution is -2.14. The third-order valence-electron chi connectivity index (χ3n) is 3.49. The van der Waals surface area contributed by atoms with Crippen LogP contribution in [0.2, 0.25) is 0 Å². The molecule has 0 aromatic heterocycles. The van der Waals surface area contributed by atoms with Crippen LogP contribution in [0, 0.1) is 5.92 Å². The Kier molecular flexibility index (Phi) is 12.2. The number of unbranched alkanes of at least 4 members (excludes halogenated alkanes) is 2. The Balaban J connectivity index is 4.73. The van der Waals surface area contributed by atoms with Gasteiger partial charge in [-0.2, -0.15) is 0 Å². The van der Waals surface area contributed by atoms with E-state index in [0.717, 1.165) is 44.6 Å². The van der Waals surface area contributed by atoms with E-state index in [0.29, 0.717) is 18.9 Å². The number of allylic oxidation sites excluding steroid dienone is 1. The Morgan fingerprint density at radius 3 is 2.36 bits per heavy atom. The number of rotatable bonds is 12. The van der Waals surface area contributed by atoms with Crippen LogP contribution >= 0.6 is 0 Å². The molecule has 1 unspecified atom stereocenters. The summed E-state index contributed by atoms with van der Waals surface area (Å²) in [7, 11) is 0. The highest BCUT2D eigenvalue weighted by atomic mass is 16.6. The zero-order chi connectivity index (χ0) is 16.8. The summed E-state index contributed by atoms with van der Waals surface area (Å²) >= 11 is 0. The van der Waals surface area contributed by atoms with Crippen molar-refractivity contribution in [3.8, 4) is 0 Å². The molecule has 0 spiro atoms. The molecule has 0 aromatic carbocycles. The Morgan fingerprint density at radius 1 is 1.14 bits per heavy atom. The lowest BCUT2D eigenvalue weighted by atomic mass is 9.95. The van der Waals surface area contributed by atoms with Gasteiger partial charge in [-0.15, -0.1) is 0 Å². The van der Waals surface area contributed by atoms with E-state index < -0.39 is 11.9 Å². The van der Waals surface area contributed by atoms with Crippen molar-refractivity contribution in [2.75, 3.05) is 6.61 Å². The Labute approximate surface area is 134 Å². The summed E-state index contributed by atoms with van der Waals surface area (Å²) in [5, 5.41) is 0. The van der Waals surface area contributed by atoms with E-state index in [1.165, 1.54) is 0 Å². The van der Waals surface area contributed by atoms with Crippen molar-refractivity contribution in [3.63, 3.8) is 0 Å². The minimum absolute atomic E-state index is 0.0176. The van der Waals surface area contributed by atoms with Gasteiger partial charge in [-0.05, 0) is 24.8 Å². The number of carbonyl (C=O) groups is 2. The Morgan fingerprint density at radius 2 is 1.82 bits per heavy atom. The molecule has 0 fully saturated rings. The molecule has 0 aliphatic carbocycles. The first kappa shape index (κ1) is 20.4. The van der Waals surface area contributed by atoms with Gasteiger partial charge in [-0.3, -0.25) is 0 Å². The third-order valence-corrected chi connectivity index (χ3v) is 3.49. The first-order valence-corrected chi connectivity index (χ1v) is 8.30. The summed E-state index contributed by atoms with van der Waals surface area (Å²) in [6, 6.07) is 0. The van der Waals surface area contributed by atoms with Crippen molar-refractivity contribution in [3.05, 3.63) is 24.5 Å². The van der Waals surface area contributed by atoms with E-state index in [4.69, 9.17) is 9.47 Å². The summed E-state index contributed by atoms with van der Waals surface area (Å²) < 4.78 is 10.1. The van der Waals surface area contributed by atoms with Crippen molar-refractivity contribution < 1.29 is 19.1 Å². The van der Waals surface area contributed by atoms with Crippen LogP contribution in [-0.4, -0.2) is 18.5 Å². The summed E-state index contributed by atoms with van der Waals surface area (Å²) in [4.78, 5) is 23.3. The van der Waals surface area contributed by atoms with Gasteiger partial charge in [0.25, 0.3) is 0 Å². The average Bonchev–Trinajstić information content (AvgIpc) is 2.53. The van der Waals surface area contributed by atoms with Gasteiger partial charge in [-0.25, -0.2) is 9.59 Å². The summed E-state index contributed by atoms with van der Waals surface area (Å²) in [5.74, 6) is -0.744. The number of ether oxygens (including phenoxy) is 2. The number of esters is 2. The van der Waals surface area contributed by atoms with E-state index in [2.05, 4.69) is 20.4 Å². The number of hydrogen-bond donors (Lipinski definition) is 0. The lowest BCUT2D eigenvalue weighted by molar-refractivity contribution is -0.149. The maximum Gasteiger partial charge on any atom is 0.374 e. The van der Waals surface area contributed by atoms with Gasteiger partial charge in [0.2, 0.25) is 5.76 Å². The van der Waals surface area contributed by atoms with Gasteiger partial charge in [-0.1, -0.05) is 59.5 Å². The molecule has 0 aromatic rings. The maximum absolute atomic E-state index is 12.0. The van der Waals surface area contributed by atoms with Crippen LogP contribution in [0.3, 0.4) is 0 Å². The number of hydrogen-bond acceptors (Lipinski definition) is 4. The average molecular weight is 310 g/mol. The predicted molar refractivity (Wildman–Crippen MR) is 88.2 cm³/mol. The van der Waals surface area contributed by atoms with E-state index in [1.54, 1.807) is 6.08 Å².